The number of likely N-dealkylation sites (tertiary alicyclic amines) is 1. The summed E-state index contributed by atoms with van der Waals surface area (Å²) in [6, 6.07) is 6.53. The van der Waals surface area contributed by atoms with Crippen LogP contribution in [0.5, 0.6) is 0 Å². The van der Waals surface area contributed by atoms with Crippen molar-refractivity contribution in [2.75, 3.05) is 27.2 Å². The Morgan fingerprint density at radius 1 is 1.39 bits per heavy atom. The SMILES string of the molecule is CNCC1(c2ccc(F)cc2)CCN(C)C(=O)C1. The van der Waals surface area contributed by atoms with Crippen molar-refractivity contribution in [3.63, 3.8) is 0 Å². The van der Waals surface area contributed by atoms with Gasteiger partial charge in [0.05, 0.1) is 0 Å². The summed E-state index contributed by atoms with van der Waals surface area (Å²) in [6.45, 7) is 1.48. The summed E-state index contributed by atoms with van der Waals surface area (Å²) in [6.07, 6.45) is 1.39. The van der Waals surface area contributed by atoms with Gasteiger partial charge in [-0.3, -0.25) is 4.79 Å². The van der Waals surface area contributed by atoms with Gasteiger partial charge in [-0.2, -0.15) is 0 Å². The Kier molecular flexibility index (Phi) is 3.66. The van der Waals surface area contributed by atoms with Gasteiger partial charge in [-0.25, -0.2) is 4.39 Å². The molecule has 2 rings (SSSR count). The molecule has 1 atom stereocenters. The molecule has 98 valence electrons. The zero-order valence-electron chi connectivity index (χ0n) is 10.9. The van der Waals surface area contributed by atoms with E-state index in [0.717, 1.165) is 25.1 Å². The third-order valence-electron chi connectivity index (χ3n) is 3.81. The van der Waals surface area contributed by atoms with Crippen molar-refractivity contribution in [3.05, 3.63) is 35.6 Å². The van der Waals surface area contributed by atoms with Gasteiger partial charge in [0, 0.05) is 32.0 Å². The molecule has 0 saturated carbocycles. The van der Waals surface area contributed by atoms with Gasteiger partial charge in [0.25, 0.3) is 0 Å². The van der Waals surface area contributed by atoms with Crippen molar-refractivity contribution in [2.24, 2.45) is 0 Å². The van der Waals surface area contributed by atoms with Gasteiger partial charge in [0.2, 0.25) is 5.91 Å². The molecule has 0 spiro atoms. The number of hydrogen-bond donors (Lipinski definition) is 1. The molecule has 1 amide bonds. The van der Waals surface area contributed by atoms with Gasteiger partial charge in [-0.1, -0.05) is 12.1 Å². The van der Waals surface area contributed by atoms with Crippen LogP contribution in [0.1, 0.15) is 18.4 Å². The highest BCUT2D eigenvalue weighted by Crippen LogP contribution is 2.35. The predicted molar refractivity (Wildman–Crippen MR) is 68.9 cm³/mol. The summed E-state index contributed by atoms with van der Waals surface area (Å²) in [5.74, 6) is -0.0848. The first kappa shape index (κ1) is 13.0. The largest absolute Gasteiger partial charge is 0.346 e. The lowest BCUT2D eigenvalue weighted by Gasteiger charge is -2.40. The molecule has 1 saturated heterocycles. The van der Waals surface area contributed by atoms with Crippen LogP contribution in [-0.2, 0) is 10.2 Å². The third-order valence-corrected chi connectivity index (χ3v) is 3.81. The number of amides is 1. The first-order valence-electron chi connectivity index (χ1n) is 6.22. The summed E-state index contributed by atoms with van der Waals surface area (Å²) in [4.78, 5) is 13.7. The molecule has 0 aromatic heterocycles. The molecule has 1 fully saturated rings. The average Bonchev–Trinajstić information content (AvgIpc) is 2.35. The average molecular weight is 250 g/mol. The van der Waals surface area contributed by atoms with Crippen LogP contribution in [0, 0.1) is 5.82 Å². The van der Waals surface area contributed by atoms with Crippen LogP contribution in [0.15, 0.2) is 24.3 Å². The molecular formula is C14H19FN2O. The number of halogens is 1. The van der Waals surface area contributed by atoms with Gasteiger partial charge in [0.1, 0.15) is 5.82 Å². The summed E-state index contributed by atoms with van der Waals surface area (Å²) < 4.78 is 13.0. The lowest BCUT2D eigenvalue weighted by Crippen LogP contribution is -2.49. The number of hydrogen-bond acceptors (Lipinski definition) is 2. The fourth-order valence-corrected chi connectivity index (χ4v) is 2.66. The van der Waals surface area contributed by atoms with E-state index in [4.69, 9.17) is 0 Å². The molecule has 1 aliphatic rings. The molecule has 0 bridgehead atoms. The maximum Gasteiger partial charge on any atom is 0.223 e. The minimum Gasteiger partial charge on any atom is -0.346 e. The van der Waals surface area contributed by atoms with Crippen LogP contribution >= 0.6 is 0 Å². The lowest BCUT2D eigenvalue weighted by atomic mass is 9.72. The number of carbonyl (C=O) groups excluding carboxylic acids is 1. The number of nitrogens with one attached hydrogen (secondary N) is 1. The van der Waals surface area contributed by atoms with Crippen LogP contribution in [0.3, 0.4) is 0 Å². The highest BCUT2D eigenvalue weighted by molar-refractivity contribution is 5.78. The number of nitrogens with zero attached hydrogens (tertiary/aromatic N) is 1. The fourth-order valence-electron chi connectivity index (χ4n) is 2.66. The van der Waals surface area contributed by atoms with Gasteiger partial charge in [0.15, 0.2) is 0 Å². The second-order valence-electron chi connectivity index (χ2n) is 5.06. The number of carbonyl (C=O) groups is 1. The van der Waals surface area contributed by atoms with Crippen molar-refractivity contribution in [3.8, 4) is 0 Å². The smallest absolute Gasteiger partial charge is 0.223 e. The van der Waals surface area contributed by atoms with E-state index in [1.165, 1.54) is 12.1 Å². The Morgan fingerprint density at radius 2 is 2.06 bits per heavy atom. The Hall–Kier alpha value is -1.42. The van der Waals surface area contributed by atoms with Gasteiger partial charge in [-0.05, 0) is 31.2 Å². The van der Waals surface area contributed by atoms with E-state index in [2.05, 4.69) is 5.32 Å². The maximum absolute atomic E-state index is 13.0. The van der Waals surface area contributed by atoms with Crippen LogP contribution in [0.4, 0.5) is 4.39 Å². The summed E-state index contributed by atoms with van der Waals surface area (Å²) in [5.41, 5.74) is 0.839. The second kappa shape index (κ2) is 5.06. The molecule has 4 heteroatoms. The Morgan fingerprint density at radius 3 is 2.61 bits per heavy atom. The normalized spacial score (nSPS) is 24.4. The van der Waals surface area contributed by atoms with Gasteiger partial charge >= 0.3 is 0 Å². The molecule has 3 nitrogen and oxygen atoms in total. The van der Waals surface area contributed by atoms with Gasteiger partial charge < -0.3 is 10.2 Å². The molecule has 1 unspecified atom stereocenters. The summed E-state index contributed by atoms with van der Waals surface area (Å²) in [7, 11) is 3.71. The summed E-state index contributed by atoms with van der Waals surface area (Å²) in [5, 5.41) is 3.16. The molecule has 0 radical (unpaired) electrons. The number of likely N-dealkylation sites (N-methyl/N-ethyl adjacent to an activating group) is 1. The standard InChI is InChI=1S/C14H19FN2O/c1-16-10-14(7-8-17(2)13(18)9-14)11-3-5-12(15)6-4-11/h3-6,16H,7-10H2,1-2H3. The first-order chi connectivity index (χ1) is 8.57. The Balaban J connectivity index is 2.32. The van der Waals surface area contributed by atoms with Gasteiger partial charge in [-0.15, -0.1) is 0 Å². The number of benzene rings is 1. The van der Waals surface area contributed by atoms with Crippen LogP contribution in [-0.4, -0.2) is 38.0 Å². The van der Waals surface area contributed by atoms with E-state index in [-0.39, 0.29) is 17.1 Å². The van der Waals surface area contributed by atoms with E-state index in [1.807, 2.05) is 14.1 Å². The highest BCUT2D eigenvalue weighted by Gasteiger charge is 2.38. The van der Waals surface area contributed by atoms with Crippen LogP contribution in [0.25, 0.3) is 0 Å². The van der Waals surface area contributed by atoms with E-state index >= 15 is 0 Å². The minimum absolute atomic E-state index is 0.154. The minimum atomic E-state index is -0.238. The van der Waals surface area contributed by atoms with Crippen molar-refractivity contribution in [1.29, 1.82) is 0 Å². The Labute approximate surface area is 107 Å². The maximum atomic E-state index is 13.0. The second-order valence-corrected chi connectivity index (χ2v) is 5.06. The van der Waals surface area contributed by atoms with Crippen molar-refractivity contribution >= 4 is 5.91 Å². The van der Waals surface area contributed by atoms with Crippen molar-refractivity contribution in [2.45, 2.75) is 18.3 Å². The topological polar surface area (TPSA) is 32.3 Å². The van der Waals surface area contributed by atoms with Crippen LogP contribution in [0.2, 0.25) is 0 Å². The molecule has 1 heterocycles. The molecule has 1 N–H and O–H groups in total. The molecule has 1 aromatic carbocycles. The van der Waals surface area contributed by atoms with E-state index in [1.54, 1.807) is 17.0 Å². The number of piperidine rings is 1. The first-order valence-corrected chi connectivity index (χ1v) is 6.22. The molecule has 1 aliphatic heterocycles. The molecular weight excluding hydrogens is 231 g/mol. The molecule has 0 aliphatic carbocycles. The lowest BCUT2D eigenvalue weighted by molar-refractivity contribution is -0.134. The summed E-state index contributed by atoms with van der Waals surface area (Å²) >= 11 is 0. The number of rotatable bonds is 3. The van der Waals surface area contributed by atoms with Crippen LogP contribution < -0.4 is 5.32 Å². The predicted octanol–water partition coefficient (Wildman–Crippen LogP) is 1.54. The van der Waals surface area contributed by atoms with Crippen molar-refractivity contribution < 1.29 is 9.18 Å². The Bertz CT molecular complexity index is 432. The molecule has 18 heavy (non-hydrogen) atoms. The molecule has 1 aromatic rings. The quantitative estimate of drug-likeness (QED) is 0.882. The van der Waals surface area contributed by atoms with Crippen molar-refractivity contribution in [1.82, 2.24) is 10.2 Å². The third kappa shape index (κ3) is 2.38. The highest BCUT2D eigenvalue weighted by atomic mass is 19.1. The zero-order chi connectivity index (χ0) is 13.2. The van der Waals surface area contributed by atoms with E-state index in [9.17, 15) is 9.18 Å². The zero-order valence-corrected chi connectivity index (χ0v) is 10.9. The van der Waals surface area contributed by atoms with E-state index in [0.29, 0.717) is 6.42 Å². The van der Waals surface area contributed by atoms with E-state index < -0.39 is 0 Å². The monoisotopic (exact) mass is 250 g/mol. The fraction of sp³-hybridized carbons (Fsp3) is 0.500.